The summed E-state index contributed by atoms with van der Waals surface area (Å²) in [5.41, 5.74) is -0.445. The first-order valence-corrected chi connectivity index (χ1v) is 7.99. The molecule has 23 heavy (non-hydrogen) atoms. The first-order chi connectivity index (χ1) is 10.6. The summed E-state index contributed by atoms with van der Waals surface area (Å²) in [5, 5.41) is 21.6. The predicted octanol–water partition coefficient (Wildman–Crippen LogP) is 2.05. The van der Waals surface area contributed by atoms with E-state index in [1.165, 1.54) is 0 Å². The lowest BCUT2D eigenvalue weighted by molar-refractivity contribution is -0.925. The highest BCUT2D eigenvalue weighted by Crippen LogP contribution is 2.41. The van der Waals surface area contributed by atoms with Gasteiger partial charge in [0.1, 0.15) is 0 Å². The van der Waals surface area contributed by atoms with Crippen LogP contribution >= 0.6 is 0 Å². The number of carboxylic acids is 1. The fourth-order valence-corrected chi connectivity index (χ4v) is 3.63. The first-order valence-electron chi connectivity index (χ1n) is 7.99. The van der Waals surface area contributed by atoms with E-state index in [1.807, 2.05) is 51.1 Å². The fourth-order valence-electron chi connectivity index (χ4n) is 3.63. The molecule has 0 radical (unpaired) electrons. The number of likely N-dealkylation sites (tertiary alicyclic amines) is 1. The number of carbonyl (C=O) groups excluding carboxylic acids is 1. The molecule has 0 unspecified atom stereocenters. The number of benzene rings is 1. The molecule has 5 nitrogen and oxygen atoms in total. The van der Waals surface area contributed by atoms with E-state index >= 15 is 0 Å². The maximum Gasteiger partial charge on any atom is 0.310 e. The third-order valence-corrected chi connectivity index (χ3v) is 5.42. The largest absolute Gasteiger partial charge is 0.498 e. The molecule has 0 bridgehead atoms. The van der Waals surface area contributed by atoms with E-state index < -0.39 is 23.0 Å². The summed E-state index contributed by atoms with van der Waals surface area (Å²) in [5.74, 6) is -0.841. The standard InChI is InChI=1S/C18H25NO4/c1-17(2,3)19(16(22)23)11-9-18(10-12-19,15(20)21)13-14-7-5-4-6-8-14/h4-8H,9-13H2,1-3H3,(H-,20,21,22,23). The molecule has 2 rings (SSSR count). The van der Waals surface area contributed by atoms with Crippen molar-refractivity contribution in [3.63, 3.8) is 0 Å². The van der Waals surface area contributed by atoms with Crippen LogP contribution in [0, 0.1) is 5.41 Å². The minimum Gasteiger partial charge on any atom is -0.498 e. The molecule has 0 atom stereocenters. The van der Waals surface area contributed by atoms with Crippen LogP contribution in [0.2, 0.25) is 0 Å². The lowest BCUT2D eigenvalue weighted by atomic mass is 9.72. The second-order valence-electron chi connectivity index (χ2n) is 7.60. The highest BCUT2D eigenvalue weighted by Gasteiger charge is 2.52. The predicted molar refractivity (Wildman–Crippen MR) is 84.6 cm³/mol. The van der Waals surface area contributed by atoms with Crippen molar-refractivity contribution in [2.45, 2.75) is 45.6 Å². The number of carbonyl (C=O) groups is 2. The number of piperidine rings is 1. The molecule has 1 saturated heterocycles. The van der Waals surface area contributed by atoms with E-state index in [0.29, 0.717) is 19.3 Å². The molecule has 1 N–H and O–H groups in total. The number of quaternary nitrogens is 1. The van der Waals surface area contributed by atoms with Crippen molar-refractivity contribution in [1.82, 2.24) is 0 Å². The van der Waals surface area contributed by atoms with Crippen molar-refractivity contribution in [2.24, 2.45) is 5.41 Å². The average Bonchev–Trinajstić information content (AvgIpc) is 2.47. The van der Waals surface area contributed by atoms with E-state index in [9.17, 15) is 19.8 Å². The van der Waals surface area contributed by atoms with Crippen LogP contribution in [0.1, 0.15) is 39.2 Å². The average molecular weight is 319 g/mol. The smallest absolute Gasteiger partial charge is 0.310 e. The number of rotatable bonds is 3. The number of nitrogens with zero attached hydrogens (tertiary/aromatic N) is 1. The topological polar surface area (TPSA) is 77.4 Å². The van der Waals surface area contributed by atoms with E-state index in [2.05, 4.69) is 0 Å². The van der Waals surface area contributed by atoms with Crippen molar-refractivity contribution >= 4 is 12.1 Å². The zero-order valence-electron chi connectivity index (χ0n) is 14.0. The molecule has 126 valence electrons. The van der Waals surface area contributed by atoms with Crippen LogP contribution in [0.15, 0.2) is 30.3 Å². The van der Waals surface area contributed by atoms with Gasteiger partial charge in [0.2, 0.25) is 0 Å². The molecule has 1 aromatic carbocycles. The van der Waals surface area contributed by atoms with Crippen molar-refractivity contribution in [2.75, 3.05) is 13.1 Å². The molecular weight excluding hydrogens is 294 g/mol. The van der Waals surface area contributed by atoms with Gasteiger partial charge < -0.3 is 15.0 Å². The maximum absolute atomic E-state index is 11.9. The Morgan fingerprint density at radius 2 is 1.70 bits per heavy atom. The third kappa shape index (κ3) is 3.11. The van der Waals surface area contributed by atoms with Crippen LogP contribution < -0.4 is 5.11 Å². The van der Waals surface area contributed by atoms with Gasteiger partial charge >= 0.3 is 5.97 Å². The van der Waals surface area contributed by atoms with Crippen LogP contribution in [0.4, 0.5) is 4.79 Å². The second-order valence-corrected chi connectivity index (χ2v) is 7.60. The zero-order valence-corrected chi connectivity index (χ0v) is 14.0. The lowest BCUT2D eigenvalue weighted by Gasteiger charge is -2.53. The Kier molecular flexibility index (Phi) is 4.53. The van der Waals surface area contributed by atoms with Crippen LogP contribution in [0.5, 0.6) is 0 Å². The Morgan fingerprint density at radius 1 is 1.17 bits per heavy atom. The summed E-state index contributed by atoms with van der Waals surface area (Å²) >= 11 is 0. The summed E-state index contributed by atoms with van der Waals surface area (Å²) in [4.78, 5) is 23.7. The van der Waals surface area contributed by atoms with Gasteiger partial charge in [-0.05, 0) is 32.8 Å². The van der Waals surface area contributed by atoms with Crippen molar-refractivity contribution in [3.05, 3.63) is 35.9 Å². The van der Waals surface area contributed by atoms with Gasteiger partial charge in [0.15, 0.2) is 0 Å². The van der Waals surface area contributed by atoms with Gasteiger partial charge in [0.25, 0.3) is 6.09 Å². The molecule has 0 saturated carbocycles. The van der Waals surface area contributed by atoms with Gasteiger partial charge in [-0.25, -0.2) is 0 Å². The van der Waals surface area contributed by atoms with Crippen molar-refractivity contribution < 1.29 is 24.3 Å². The zero-order chi connectivity index (χ0) is 17.3. The van der Waals surface area contributed by atoms with Gasteiger partial charge in [-0.1, -0.05) is 30.3 Å². The number of hydrogen-bond donors (Lipinski definition) is 1. The summed E-state index contributed by atoms with van der Waals surface area (Å²) in [6.45, 7) is 6.17. The molecular formula is C18H25NO4. The van der Waals surface area contributed by atoms with Gasteiger partial charge in [-0.3, -0.25) is 9.28 Å². The minimum absolute atomic E-state index is 0.184. The monoisotopic (exact) mass is 319 g/mol. The number of carboxylic acid groups (broad SMARTS) is 2. The highest BCUT2D eigenvalue weighted by atomic mass is 16.4. The van der Waals surface area contributed by atoms with Crippen LogP contribution in [-0.4, -0.2) is 40.3 Å². The van der Waals surface area contributed by atoms with E-state index in [-0.39, 0.29) is 17.6 Å². The van der Waals surface area contributed by atoms with E-state index in [1.54, 1.807) is 0 Å². The van der Waals surface area contributed by atoms with Crippen LogP contribution in [0.25, 0.3) is 0 Å². The van der Waals surface area contributed by atoms with Crippen molar-refractivity contribution in [1.29, 1.82) is 0 Å². The van der Waals surface area contributed by atoms with Gasteiger partial charge in [-0.2, -0.15) is 0 Å². The maximum atomic E-state index is 11.9. The van der Waals surface area contributed by atoms with Crippen LogP contribution in [-0.2, 0) is 11.2 Å². The van der Waals surface area contributed by atoms with Gasteiger partial charge in [0, 0.05) is 12.8 Å². The van der Waals surface area contributed by atoms with Gasteiger partial charge in [0.05, 0.1) is 24.0 Å². The minimum atomic E-state index is -1.11. The van der Waals surface area contributed by atoms with Gasteiger partial charge in [-0.15, -0.1) is 0 Å². The molecule has 1 aromatic rings. The normalized spacial score (nSPS) is 28.3. The first kappa shape index (κ1) is 17.5. The highest BCUT2D eigenvalue weighted by molar-refractivity contribution is 5.75. The number of amides is 1. The molecule has 1 fully saturated rings. The summed E-state index contributed by atoms with van der Waals surface area (Å²) in [6, 6.07) is 9.53. The SMILES string of the molecule is CC(C)(C)[N+]1(C(=O)[O-])CCC(Cc2ccccc2)(C(=O)O)CC1. The molecule has 0 aliphatic carbocycles. The molecule has 5 heteroatoms. The van der Waals surface area contributed by atoms with E-state index in [0.717, 1.165) is 5.56 Å². The molecule has 1 aliphatic rings. The summed E-state index contributed by atoms with van der Waals surface area (Å²) < 4.78 is -0.184. The molecule has 1 amide bonds. The van der Waals surface area contributed by atoms with Crippen molar-refractivity contribution in [3.8, 4) is 0 Å². The Bertz CT molecular complexity index is 581. The van der Waals surface area contributed by atoms with Crippen LogP contribution in [0.3, 0.4) is 0 Å². The molecule has 1 aliphatic heterocycles. The molecule has 0 spiro atoms. The molecule has 1 heterocycles. The summed E-state index contributed by atoms with van der Waals surface area (Å²) in [7, 11) is 0. The Morgan fingerprint density at radius 3 is 2.09 bits per heavy atom. The number of hydrogen-bond acceptors (Lipinski definition) is 3. The van der Waals surface area contributed by atoms with E-state index in [4.69, 9.17) is 0 Å². The third-order valence-electron chi connectivity index (χ3n) is 5.42. The quantitative estimate of drug-likeness (QED) is 0.865. The Labute approximate surface area is 137 Å². The molecule has 0 aromatic heterocycles. The fraction of sp³-hybridized carbons (Fsp3) is 0.556. The number of aliphatic carboxylic acids is 1. The Hall–Kier alpha value is -1.88. The Balaban J connectivity index is 2.27. The summed E-state index contributed by atoms with van der Waals surface area (Å²) in [6.07, 6.45) is -0.0121. The second kappa shape index (κ2) is 5.96. The lowest BCUT2D eigenvalue weighted by Crippen LogP contribution is -2.71.